The number of alkyl halides is 1. The van der Waals surface area contributed by atoms with Gasteiger partial charge in [0.25, 0.3) is 0 Å². The summed E-state index contributed by atoms with van der Waals surface area (Å²) in [6.45, 7) is -0.795. The maximum Gasteiger partial charge on any atom is 0.317 e. The third-order valence-electron chi connectivity index (χ3n) is 1.78. The van der Waals surface area contributed by atoms with Crippen LogP contribution in [-0.4, -0.2) is 69.0 Å². The van der Waals surface area contributed by atoms with Crippen LogP contribution in [0.4, 0.5) is 0 Å². The molecular formula is C8H13BrO7. The Kier molecular flexibility index (Phi) is 7.43. The van der Waals surface area contributed by atoms with Crippen molar-refractivity contribution < 1.29 is 34.8 Å². The molecule has 0 aromatic heterocycles. The second kappa shape index (κ2) is 7.69. The van der Waals surface area contributed by atoms with E-state index in [4.69, 9.17) is 10.2 Å². The van der Waals surface area contributed by atoms with Crippen LogP contribution in [0.25, 0.3) is 0 Å². The topological polar surface area (TPSA) is 124 Å². The van der Waals surface area contributed by atoms with Crippen molar-refractivity contribution >= 4 is 28.2 Å². The first-order valence-electron chi connectivity index (χ1n) is 4.33. The van der Waals surface area contributed by atoms with Crippen molar-refractivity contribution in [3.05, 3.63) is 0 Å². The third kappa shape index (κ3) is 4.54. The molecule has 0 spiro atoms. The van der Waals surface area contributed by atoms with Gasteiger partial charge >= 0.3 is 5.97 Å². The van der Waals surface area contributed by atoms with Gasteiger partial charge in [0.2, 0.25) is 0 Å². The Morgan fingerprint density at radius 3 is 2.25 bits per heavy atom. The van der Waals surface area contributed by atoms with Crippen molar-refractivity contribution in [1.29, 1.82) is 0 Å². The number of carbonyl (C=O) groups excluding carboxylic acids is 2. The Hall–Kier alpha value is -0.540. The van der Waals surface area contributed by atoms with Gasteiger partial charge in [0.15, 0.2) is 12.4 Å². The molecule has 0 amide bonds. The quantitative estimate of drug-likeness (QED) is 0.234. The summed E-state index contributed by atoms with van der Waals surface area (Å²) in [7, 11) is 0. The second-order valence-electron chi connectivity index (χ2n) is 2.96. The first-order valence-corrected chi connectivity index (χ1v) is 5.45. The lowest BCUT2D eigenvalue weighted by molar-refractivity contribution is -0.165. The Morgan fingerprint density at radius 2 is 1.88 bits per heavy atom. The summed E-state index contributed by atoms with van der Waals surface area (Å²) in [4.78, 5) is 21.3. The van der Waals surface area contributed by atoms with Crippen LogP contribution in [0, 0.1) is 0 Å². The summed E-state index contributed by atoms with van der Waals surface area (Å²) < 4.78 is 4.47. The number of aliphatic hydroxyl groups is 4. The molecule has 0 aromatic carbocycles. The highest BCUT2D eigenvalue weighted by atomic mass is 79.9. The average molecular weight is 301 g/mol. The summed E-state index contributed by atoms with van der Waals surface area (Å²) in [5, 5.41) is 36.0. The maximum atomic E-state index is 10.8. The highest BCUT2D eigenvalue weighted by Gasteiger charge is 2.33. The molecule has 4 atom stereocenters. The van der Waals surface area contributed by atoms with E-state index in [1.165, 1.54) is 0 Å². The maximum absolute atomic E-state index is 10.8. The predicted molar refractivity (Wildman–Crippen MR) is 54.8 cm³/mol. The van der Waals surface area contributed by atoms with Crippen LogP contribution in [-0.2, 0) is 14.3 Å². The summed E-state index contributed by atoms with van der Waals surface area (Å²) >= 11 is 2.78. The summed E-state index contributed by atoms with van der Waals surface area (Å²) in [6.07, 6.45) is -6.69. The molecule has 0 unspecified atom stereocenters. The first-order chi connectivity index (χ1) is 7.47. The molecule has 94 valence electrons. The Labute approximate surface area is 99.8 Å². The monoisotopic (exact) mass is 300 g/mol. The second-order valence-corrected chi connectivity index (χ2v) is 3.52. The minimum atomic E-state index is -1.80. The minimum Gasteiger partial charge on any atom is -0.451 e. The van der Waals surface area contributed by atoms with Gasteiger partial charge in [0.1, 0.15) is 23.6 Å². The highest BCUT2D eigenvalue weighted by Crippen LogP contribution is 2.07. The Balaban J connectivity index is 4.45. The van der Waals surface area contributed by atoms with E-state index in [9.17, 15) is 19.8 Å². The van der Waals surface area contributed by atoms with Crippen LogP contribution in [0.3, 0.4) is 0 Å². The molecule has 8 heteroatoms. The summed E-state index contributed by atoms with van der Waals surface area (Å²) in [5.74, 6) is -0.804. The van der Waals surface area contributed by atoms with E-state index in [1.54, 1.807) is 0 Å². The lowest BCUT2D eigenvalue weighted by Gasteiger charge is -2.25. The van der Waals surface area contributed by atoms with Gasteiger partial charge in [-0.15, -0.1) is 0 Å². The SMILES string of the molecule is O=C[C@H](OC(=O)CBr)[C@@H](O)[C@H](O)[C@H](O)CO. The molecule has 0 radical (unpaired) electrons. The van der Waals surface area contributed by atoms with E-state index >= 15 is 0 Å². The highest BCUT2D eigenvalue weighted by molar-refractivity contribution is 9.09. The van der Waals surface area contributed by atoms with Gasteiger partial charge in [0, 0.05) is 0 Å². The largest absolute Gasteiger partial charge is 0.451 e. The van der Waals surface area contributed by atoms with E-state index in [0.29, 0.717) is 0 Å². The molecule has 0 aliphatic carbocycles. The number of esters is 1. The van der Waals surface area contributed by atoms with Gasteiger partial charge in [-0.05, 0) is 0 Å². The van der Waals surface area contributed by atoms with Crippen molar-refractivity contribution in [2.75, 3.05) is 11.9 Å². The smallest absolute Gasteiger partial charge is 0.317 e. The summed E-state index contributed by atoms with van der Waals surface area (Å²) in [5.41, 5.74) is 0. The number of ether oxygens (including phenoxy) is 1. The molecular weight excluding hydrogens is 288 g/mol. The Bertz CT molecular complexity index is 234. The minimum absolute atomic E-state index is 0.124. The number of hydrogen-bond donors (Lipinski definition) is 4. The normalized spacial score (nSPS) is 18.3. The molecule has 0 aliphatic rings. The number of halogens is 1. The van der Waals surface area contributed by atoms with Crippen molar-refractivity contribution in [3.63, 3.8) is 0 Å². The molecule has 0 rings (SSSR count). The van der Waals surface area contributed by atoms with E-state index in [0.717, 1.165) is 0 Å². The van der Waals surface area contributed by atoms with Gasteiger partial charge in [-0.1, -0.05) is 15.9 Å². The van der Waals surface area contributed by atoms with E-state index in [1.807, 2.05) is 0 Å². The van der Waals surface area contributed by atoms with Crippen LogP contribution in [0.15, 0.2) is 0 Å². The zero-order valence-corrected chi connectivity index (χ0v) is 9.78. The van der Waals surface area contributed by atoms with Gasteiger partial charge in [-0.25, -0.2) is 0 Å². The zero-order valence-electron chi connectivity index (χ0n) is 8.19. The molecule has 4 N–H and O–H groups in total. The fourth-order valence-corrected chi connectivity index (χ4v) is 1.02. The molecule has 7 nitrogen and oxygen atoms in total. The molecule has 0 heterocycles. The Morgan fingerprint density at radius 1 is 1.31 bits per heavy atom. The van der Waals surface area contributed by atoms with E-state index in [2.05, 4.69) is 20.7 Å². The van der Waals surface area contributed by atoms with E-state index < -0.39 is 37.0 Å². The molecule has 0 bridgehead atoms. The fraction of sp³-hybridized carbons (Fsp3) is 0.750. The van der Waals surface area contributed by atoms with Crippen LogP contribution < -0.4 is 0 Å². The predicted octanol–water partition coefficient (Wildman–Crippen LogP) is -2.43. The number of aliphatic hydroxyl groups excluding tert-OH is 4. The number of aldehydes is 1. The molecule has 0 saturated heterocycles. The van der Waals surface area contributed by atoms with Gasteiger partial charge in [0.05, 0.1) is 6.61 Å². The standard InChI is InChI=1S/C8H13BrO7/c9-1-6(13)16-5(3-11)8(15)7(14)4(12)2-10/h3-5,7-8,10,12,14-15H,1-2H2/t4-,5+,7-,8-/m1/s1. The first kappa shape index (κ1) is 15.5. The number of carbonyl (C=O) groups is 2. The van der Waals surface area contributed by atoms with Crippen LogP contribution in [0.2, 0.25) is 0 Å². The third-order valence-corrected chi connectivity index (χ3v) is 2.24. The molecule has 16 heavy (non-hydrogen) atoms. The molecule has 0 saturated carbocycles. The number of hydrogen-bond acceptors (Lipinski definition) is 7. The molecule has 0 aromatic rings. The fourth-order valence-electron chi connectivity index (χ4n) is 0.891. The van der Waals surface area contributed by atoms with Crippen molar-refractivity contribution in [1.82, 2.24) is 0 Å². The van der Waals surface area contributed by atoms with Gasteiger partial charge in [-0.3, -0.25) is 9.59 Å². The molecule has 0 fully saturated rings. The van der Waals surface area contributed by atoms with Crippen LogP contribution in [0.5, 0.6) is 0 Å². The van der Waals surface area contributed by atoms with E-state index in [-0.39, 0.29) is 11.6 Å². The zero-order chi connectivity index (χ0) is 12.7. The summed E-state index contributed by atoms with van der Waals surface area (Å²) in [6, 6.07) is 0. The lowest BCUT2D eigenvalue weighted by atomic mass is 10.0. The van der Waals surface area contributed by atoms with Crippen LogP contribution in [0.1, 0.15) is 0 Å². The van der Waals surface area contributed by atoms with Crippen molar-refractivity contribution in [3.8, 4) is 0 Å². The van der Waals surface area contributed by atoms with Crippen molar-refractivity contribution in [2.24, 2.45) is 0 Å². The molecule has 0 aliphatic heterocycles. The van der Waals surface area contributed by atoms with Crippen LogP contribution >= 0.6 is 15.9 Å². The van der Waals surface area contributed by atoms with Gasteiger partial charge in [-0.2, -0.15) is 0 Å². The van der Waals surface area contributed by atoms with Gasteiger partial charge < -0.3 is 25.2 Å². The number of rotatable bonds is 7. The average Bonchev–Trinajstić information content (AvgIpc) is 2.32. The lowest BCUT2D eigenvalue weighted by Crippen LogP contribution is -2.48. The van der Waals surface area contributed by atoms with Crippen molar-refractivity contribution in [2.45, 2.75) is 24.4 Å².